The summed E-state index contributed by atoms with van der Waals surface area (Å²) in [5.41, 5.74) is 1.03. The largest absolute Gasteiger partial charge is 0.497 e. The van der Waals surface area contributed by atoms with E-state index in [-0.39, 0.29) is 5.91 Å². The van der Waals surface area contributed by atoms with Crippen LogP contribution in [0.25, 0.3) is 0 Å². The number of amides is 1. The van der Waals surface area contributed by atoms with Crippen LogP contribution in [-0.2, 0) is 11.2 Å². The van der Waals surface area contributed by atoms with E-state index in [1.165, 1.54) is 32.1 Å². The van der Waals surface area contributed by atoms with Crippen molar-refractivity contribution in [3.8, 4) is 5.75 Å². The van der Waals surface area contributed by atoms with Crippen molar-refractivity contribution in [2.24, 2.45) is 23.7 Å². The van der Waals surface area contributed by atoms with Crippen LogP contribution in [0.4, 0.5) is 0 Å². The fourth-order valence-electron chi connectivity index (χ4n) is 5.37. The van der Waals surface area contributed by atoms with Crippen molar-refractivity contribution in [3.05, 3.63) is 29.8 Å². The molecule has 1 amide bonds. The molecule has 5 rings (SSSR count). The second-order valence-electron chi connectivity index (χ2n) is 7.55. The van der Waals surface area contributed by atoms with Gasteiger partial charge in [0.2, 0.25) is 5.91 Å². The molecule has 0 radical (unpaired) electrons. The van der Waals surface area contributed by atoms with Gasteiger partial charge in [0.1, 0.15) is 5.75 Å². The Morgan fingerprint density at radius 3 is 2.45 bits per heavy atom. The zero-order valence-corrected chi connectivity index (χ0v) is 13.3. The third-order valence-corrected chi connectivity index (χ3v) is 6.05. The van der Waals surface area contributed by atoms with Crippen LogP contribution in [0.15, 0.2) is 24.3 Å². The van der Waals surface area contributed by atoms with Gasteiger partial charge in [-0.15, -0.1) is 0 Å². The molecule has 0 atom stereocenters. The summed E-state index contributed by atoms with van der Waals surface area (Å²) in [5, 5.41) is 3.37. The van der Waals surface area contributed by atoms with Gasteiger partial charge in [0.15, 0.2) is 0 Å². The van der Waals surface area contributed by atoms with E-state index in [1.807, 2.05) is 24.3 Å². The normalized spacial score (nSPS) is 35.4. The van der Waals surface area contributed by atoms with Gasteiger partial charge in [-0.3, -0.25) is 4.79 Å². The van der Waals surface area contributed by atoms with E-state index in [0.717, 1.165) is 35.0 Å². The zero-order valence-electron chi connectivity index (χ0n) is 13.3. The molecule has 1 N–H and O–H groups in total. The molecule has 0 heterocycles. The highest BCUT2D eigenvalue weighted by molar-refractivity contribution is 5.79. The Kier molecular flexibility index (Phi) is 3.59. The number of ether oxygens (including phenoxy) is 1. The molecule has 4 aliphatic rings. The minimum absolute atomic E-state index is 0.172. The van der Waals surface area contributed by atoms with Crippen LogP contribution >= 0.6 is 0 Å². The maximum Gasteiger partial charge on any atom is 0.224 e. The molecular formula is C19H25NO2. The SMILES string of the molecule is COc1cccc(CC(=O)NC2C3CC4CC(C3)CC2C4)c1. The van der Waals surface area contributed by atoms with Gasteiger partial charge in [-0.2, -0.15) is 0 Å². The first-order valence-corrected chi connectivity index (χ1v) is 8.63. The maximum atomic E-state index is 12.5. The number of methoxy groups -OCH3 is 1. The first-order valence-electron chi connectivity index (χ1n) is 8.63. The van der Waals surface area contributed by atoms with Crippen LogP contribution in [0.5, 0.6) is 5.75 Å². The summed E-state index contributed by atoms with van der Waals surface area (Å²) in [6.07, 6.45) is 7.29. The summed E-state index contributed by atoms with van der Waals surface area (Å²) in [6.45, 7) is 0. The third kappa shape index (κ3) is 2.62. The molecule has 1 aromatic carbocycles. The summed E-state index contributed by atoms with van der Waals surface area (Å²) < 4.78 is 5.23. The number of rotatable bonds is 4. The number of hydrogen-bond acceptors (Lipinski definition) is 2. The van der Waals surface area contributed by atoms with Gasteiger partial charge in [0.25, 0.3) is 0 Å². The van der Waals surface area contributed by atoms with Gasteiger partial charge >= 0.3 is 0 Å². The first-order chi connectivity index (χ1) is 10.7. The molecule has 4 fully saturated rings. The lowest BCUT2D eigenvalue weighted by Crippen LogP contribution is -2.56. The molecule has 0 spiro atoms. The molecule has 0 aromatic heterocycles. The van der Waals surface area contributed by atoms with Crippen LogP contribution in [0, 0.1) is 23.7 Å². The van der Waals surface area contributed by atoms with Gasteiger partial charge in [0, 0.05) is 6.04 Å². The molecule has 0 saturated heterocycles. The van der Waals surface area contributed by atoms with Crippen molar-refractivity contribution in [2.75, 3.05) is 7.11 Å². The quantitative estimate of drug-likeness (QED) is 0.927. The zero-order chi connectivity index (χ0) is 15.1. The molecule has 0 aliphatic heterocycles. The van der Waals surface area contributed by atoms with Crippen LogP contribution in [0.1, 0.15) is 37.7 Å². The summed E-state index contributed by atoms with van der Waals surface area (Å²) in [6, 6.07) is 8.25. The summed E-state index contributed by atoms with van der Waals surface area (Å²) >= 11 is 0. The van der Waals surface area contributed by atoms with Crippen molar-refractivity contribution in [2.45, 2.75) is 44.6 Å². The Morgan fingerprint density at radius 1 is 1.14 bits per heavy atom. The lowest BCUT2D eigenvalue weighted by Gasteiger charge is -2.54. The third-order valence-electron chi connectivity index (χ3n) is 6.05. The van der Waals surface area contributed by atoms with Crippen molar-refractivity contribution in [1.82, 2.24) is 5.32 Å². The van der Waals surface area contributed by atoms with Crippen molar-refractivity contribution in [3.63, 3.8) is 0 Å². The minimum Gasteiger partial charge on any atom is -0.497 e. The molecule has 22 heavy (non-hydrogen) atoms. The highest BCUT2D eigenvalue weighted by Gasteiger charge is 2.48. The van der Waals surface area contributed by atoms with Gasteiger partial charge in [-0.25, -0.2) is 0 Å². The fraction of sp³-hybridized carbons (Fsp3) is 0.632. The Labute approximate surface area is 132 Å². The monoisotopic (exact) mass is 299 g/mol. The van der Waals surface area contributed by atoms with Gasteiger partial charge in [0.05, 0.1) is 13.5 Å². The van der Waals surface area contributed by atoms with Crippen molar-refractivity contribution >= 4 is 5.91 Å². The number of carbonyl (C=O) groups excluding carboxylic acids is 1. The summed E-state index contributed by atoms with van der Waals surface area (Å²) in [5.74, 6) is 4.38. The topological polar surface area (TPSA) is 38.3 Å². The van der Waals surface area contributed by atoms with E-state index in [9.17, 15) is 4.79 Å². The Bertz CT molecular complexity index is 540. The first kappa shape index (κ1) is 14.1. The van der Waals surface area contributed by atoms with Crippen LogP contribution < -0.4 is 10.1 Å². The Balaban J connectivity index is 1.39. The van der Waals surface area contributed by atoms with E-state index >= 15 is 0 Å². The standard InChI is InChI=1S/C19H25NO2/c1-22-17-4-2-3-12(10-17)11-18(21)20-19-15-6-13-5-14(8-15)9-16(19)7-13/h2-4,10,13-16,19H,5-9,11H2,1H3,(H,20,21). The average molecular weight is 299 g/mol. The van der Waals surface area contributed by atoms with Gasteiger partial charge in [-0.1, -0.05) is 12.1 Å². The average Bonchev–Trinajstić information content (AvgIpc) is 2.50. The van der Waals surface area contributed by atoms with E-state index in [4.69, 9.17) is 4.74 Å². The van der Waals surface area contributed by atoms with Crippen molar-refractivity contribution in [1.29, 1.82) is 0 Å². The molecule has 4 aliphatic carbocycles. The Morgan fingerprint density at radius 2 is 1.82 bits per heavy atom. The lowest BCUT2D eigenvalue weighted by atomic mass is 9.54. The highest BCUT2D eigenvalue weighted by atomic mass is 16.5. The second kappa shape index (κ2) is 5.60. The van der Waals surface area contributed by atoms with Gasteiger partial charge in [-0.05, 0) is 73.5 Å². The number of hydrogen-bond donors (Lipinski definition) is 1. The number of benzene rings is 1. The predicted octanol–water partition coefficient (Wildman–Crippen LogP) is 3.18. The highest BCUT2D eigenvalue weighted by Crippen LogP contribution is 2.53. The van der Waals surface area contributed by atoms with Crippen LogP contribution in [0.3, 0.4) is 0 Å². The van der Waals surface area contributed by atoms with E-state index in [1.54, 1.807) is 7.11 Å². The molecule has 1 aromatic rings. The van der Waals surface area contributed by atoms with E-state index in [2.05, 4.69) is 5.32 Å². The van der Waals surface area contributed by atoms with Gasteiger partial charge < -0.3 is 10.1 Å². The molecule has 3 heteroatoms. The Hall–Kier alpha value is -1.51. The fourth-order valence-corrected chi connectivity index (χ4v) is 5.37. The molecule has 3 nitrogen and oxygen atoms in total. The minimum atomic E-state index is 0.172. The van der Waals surface area contributed by atoms with Crippen molar-refractivity contribution < 1.29 is 9.53 Å². The lowest BCUT2D eigenvalue weighted by molar-refractivity contribution is -0.124. The van der Waals surface area contributed by atoms with Crippen LogP contribution in [0.2, 0.25) is 0 Å². The molecular weight excluding hydrogens is 274 g/mol. The molecule has 4 bridgehead atoms. The number of nitrogens with one attached hydrogen (secondary N) is 1. The predicted molar refractivity (Wildman–Crippen MR) is 85.7 cm³/mol. The smallest absolute Gasteiger partial charge is 0.224 e. The molecule has 0 unspecified atom stereocenters. The molecule has 4 saturated carbocycles. The summed E-state index contributed by atoms with van der Waals surface area (Å²) in [4.78, 5) is 12.5. The second-order valence-corrected chi connectivity index (χ2v) is 7.55. The maximum absolute atomic E-state index is 12.5. The van der Waals surface area contributed by atoms with E-state index < -0.39 is 0 Å². The van der Waals surface area contributed by atoms with E-state index in [0.29, 0.717) is 12.5 Å². The summed E-state index contributed by atoms with van der Waals surface area (Å²) in [7, 11) is 1.66. The number of carbonyl (C=O) groups is 1. The molecule has 118 valence electrons. The van der Waals surface area contributed by atoms with Crippen LogP contribution in [-0.4, -0.2) is 19.1 Å².